The number of hydrogen-bond donors (Lipinski definition) is 1. The zero-order valence-electron chi connectivity index (χ0n) is 18.9. The second kappa shape index (κ2) is 11.0. The van der Waals surface area contributed by atoms with E-state index in [0.29, 0.717) is 6.54 Å². The van der Waals surface area contributed by atoms with Gasteiger partial charge in [-0.3, -0.25) is 4.90 Å². The molecule has 2 heterocycles. The summed E-state index contributed by atoms with van der Waals surface area (Å²) in [5, 5.41) is 0. The van der Waals surface area contributed by atoms with Crippen molar-refractivity contribution in [3.8, 4) is 5.75 Å². The predicted molar refractivity (Wildman–Crippen MR) is 127 cm³/mol. The summed E-state index contributed by atoms with van der Waals surface area (Å²) in [6.45, 7) is 9.83. The van der Waals surface area contributed by atoms with Crippen LogP contribution in [0.5, 0.6) is 5.75 Å². The molecule has 4 rings (SSSR count). The van der Waals surface area contributed by atoms with Crippen LogP contribution in [0.25, 0.3) is 0 Å². The van der Waals surface area contributed by atoms with E-state index in [1.165, 1.54) is 22.4 Å². The Labute approximate surface area is 187 Å². The van der Waals surface area contributed by atoms with E-state index in [2.05, 4.69) is 59.2 Å². The Kier molecular flexibility index (Phi) is 7.84. The van der Waals surface area contributed by atoms with Gasteiger partial charge in [-0.15, -0.1) is 0 Å². The standard InChI is InChI=1S/C26H37N3O2/c1-2-3-17-30-24-7-5-23(6-8-24)29-15-13-28(14-16-29)12-10-26-25-9-4-21(20-27)19-22(25)11-18-31-26/h4-9,19,26H,2-3,10-18,20,27H2,1H3. The highest BCUT2D eigenvalue weighted by Gasteiger charge is 2.23. The molecule has 1 unspecified atom stereocenters. The summed E-state index contributed by atoms with van der Waals surface area (Å²) >= 11 is 0. The number of anilines is 1. The molecule has 0 radical (unpaired) electrons. The smallest absolute Gasteiger partial charge is 0.119 e. The molecular weight excluding hydrogens is 386 g/mol. The van der Waals surface area contributed by atoms with Crippen molar-refractivity contribution in [3.05, 3.63) is 59.2 Å². The summed E-state index contributed by atoms with van der Waals surface area (Å²) < 4.78 is 11.9. The lowest BCUT2D eigenvalue weighted by Gasteiger charge is -2.37. The molecule has 2 aromatic carbocycles. The first-order chi connectivity index (χ1) is 15.3. The van der Waals surface area contributed by atoms with Gasteiger partial charge in [0.15, 0.2) is 0 Å². The molecule has 2 aliphatic heterocycles. The Hall–Kier alpha value is -2.08. The van der Waals surface area contributed by atoms with E-state index in [4.69, 9.17) is 15.2 Å². The molecule has 0 saturated carbocycles. The molecule has 0 bridgehead atoms. The van der Waals surface area contributed by atoms with Crippen molar-refractivity contribution >= 4 is 5.69 Å². The van der Waals surface area contributed by atoms with Gasteiger partial charge < -0.3 is 20.1 Å². The largest absolute Gasteiger partial charge is 0.494 e. The Bertz CT molecular complexity index is 816. The minimum absolute atomic E-state index is 0.217. The van der Waals surface area contributed by atoms with Gasteiger partial charge in [0.1, 0.15) is 5.75 Å². The monoisotopic (exact) mass is 423 g/mol. The first-order valence-electron chi connectivity index (χ1n) is 11.9. The Morgan fingerprint density at radius 1 is 1.06 bits per heavy atom. The zero-order chi connectivity index (χ0) is 21.5. The summed E-state index contributed by atoms with van der Waals surface area (Å²) in [5.41, 5.74) is 11.1. The lowest BCUT2D eigenvalue weighted by atomic mass is 9.93. The van der Waals surface area contributed by atoms with E-state index >= 15 is 0 Å². The molecule has 1 fully saturated rings. The third-order valence-corrected chi connectivity index (χ3v) is 6.53. The van der Waals surface area contributed by atoms with Crippen LogP contribution in [0.15, 0.2) is 42.5 Å². The summed E-state index contributed by atoms with van der Waals surface area (Å²) in [6, 6.07) is 15.2. The van der Waals surface area contributed by atoms with Crippen molar-refractivity contribution in [3.63, 3.8) is 0 Å². The lowest BCUT2D eigenvalue weighted by molar-refractivity contribution is 0.0289. The highest BCUT2D eigenvalue weighted by molar-refractivity contribution is 5.49. The minimum atomic E-state index is 0.217. The van der Waals surface area contributed by atoms with Gasteiger partial charge in [-0.1, -0.05) is 31.5 Å². The maximum atomic E-state index is 6.13. The van der Waals surface area contributed by atoms with Gasteiger partial charge in [-0.05, 0) is 60.2 Å². The van der Waals surface area contributed by atoms with Crippen molar-refractivity contribution < 1.29 is 9.47 Å². The van der Waals surface area contributed by atoms with E-state index < -0.39 is 0 Å². The summed E-state index contributed by atoms with van der Waals surface area (Å²) in [5.74, 6) is 0.974. The number of rotatable bonds is 9. The van der Waals surface area contributed by atoms with E-state index in [0.717, 1.165) is 77.4 Å². The summed E-state index contributed by atoms with van der Waals surface area (Å²) in [4.78, 5) is 5.05. The van der Waals surface area contributed by atoms with Gasteiger partial charge in [-0.2, -0.15) is 0 Å². The summed E-state index contributed by atoms with van der Waals surface area (Å²) in [6.07, 6.45) is 4.54. The van der Waals surface area contributed by atoms with Crippen molar-refractivity contribution in [1.29, 1.82) is 0 Å². The fourth-order valence-electron chi connectivity index (χ4n) is 4.57. The molecule has 5 nitrogen and oxygen atoms in total. The molecule has 31 heavy (non-hydrogen) atoms. The molecule has 5 heteroatoms. The number of hydrogen-bond acceptors (Lipinski definition) is 5. The molecule has 0 spiro atoms. The number of piperazine rings is 1. The third kappa shape index (κ3) is 5.79. The Balaban J connectivity index is 1.24. The minimum Gasteiger partial charge on any atom is -0.494 e. The van der Waals surface area contributed by atoms with Crippen LogP contribution in [0.2, 0.25) is 0 Å². The van der Waals surface area contributed by atoms with Crippen LogP contribution in [0.4, 0.5) is 5.69 Å². The highest BCUT2D eigenvalue weighted by atomic mass is 16.5. The molecule has 2 aromatic rings. The number of ether oxygens (including phenoxy) is 2. The molecular formula is C26H37N3O2. The number of benzene rings is 2. The summed E-state index contributed by atoms with van der Waals surface area (Å²) in [7, 11) is 0. The molecule has 2 aliphatic rings. The van der Waals surface area contributed by atoms with Gasteiger partial charge in [0.2, 0.25) is 0 Å². The van der Waals surface area contributed by atoms with Crippen LogP contribution in [0, 0.1) is 0 Å². The van der Waals surface area contributed by atoms with Gasteiger partial charge in [0, 0.05) is 45.0 Å². The normalized spacial score (nSPS) is 19.3. The zero-order valence-corrected chi connectivity index (χ0v) is 18.9. The van der Waals surface area contributed by atoms with Crippen LogP contribution < -0.4 is 15.4 Å². The number of nitrogens with zero attached hydrogens (tertiary/aromatic N) is 2. The lowest BCUT2D eigenvalue weighted by Crippen LogP contribution is -2.46. The fourth-order valence-corrected chi connectivity index (χ4v) is 4.57. The van der Waals surface area contributed by atoms with Crippen LogP contribution in [-0.4, -0.2) is 50.8 Å². The first-order valence-corrected chi connectivity index (χ1v) is 11.9. The molecule has 0 amide bonds. The van der Waals surface area contributed by atoms with Crippen molar-refractivity contribution in [1.82, 2.24) is 4.90 Å². The van der Waals surface area contributed by atoms with E-state index in [1.807, 2.05) is 0 Å². The topological polar surface area (TPSA) is 51.0 Å². The van der Waals surface area contributed by atoms with Crippen LogP contribution in [-0.2, 0) is 17.7 Å². The Morgan fingerprint density at radius 3 is 2.61 bits per heavy atom. The second-order valence-electron chi connectivity index (χ2n) is 8.66. The third-order valence-electron chi connectivity index (χ3n) is 6.53. The van der Waals surface area contributed by atoms with Gasteiger partial charge in [0.25, 0.3) is 0 Å². The molecule has 0 aromatic heterocycles. The van der Waals surface area contributed by atoms with Crippen molar-refractivity contribution in [2.45, 2.75) is 45.3 Å². The van der Waals surface area contributed by atoms with E-state index in [9.17, 15) is 0 Å². The highest BCUT2D eigenvalue weighted by Crippen LogP contribution is 2.31. The average Bonchev–Trinajstić information content (AvgIpc) is 2.83. The quantitative estimate of drug-likeness (QED) is 0.614. The average molecular weight is 424 g/mol. The molecule has 1 saturated heterocycles. The van der Waals surface area contributed by atoms with Gasteiger partial charge >= 0.3 is 0 Å². The maximum Gasteiger partial charge on any atom is 0.119 e. The van der Waals surface area contributed by atoms with E-state index in [1.54, 1.807) is 0 Å². The van der Waals surface area contributed by atoms with E-state index in [-0.39, 0.29) is 6.10 Å². The molecule has 168 valence electrons. The van der Waals surface area contributed by atoms with Gasteiger partial charge in [0.05, 0.1) is 19.3 Å². The van der Waals surface area contributed by atoms with Crippen molar-refractivity contribution in [2.75, 3.05) is 50.8 Å². The number of nitrogens with two attached hydrogens (primary N) is 1. The number of unbranched alkanes of at least 4 members (excludes halogenated alkanes) is 1. The molecule has 1 atom stereocenters. The molecule has 0 aliphatic carbocycles. The molecule has 2 N–H and O–H groups in total. The predicted octanol–water partition coefficient (Wildman–Crippen LogP) is 4.15. The maximum absolute atomic E-state index is 6.13. The Morgan fingerprint density at radius 2 is 1.87 bits per heavy atom. The first kappa shape index (κ1) is 22.1. The van der Waals surface area contributed by atoms with Crippen LogP contribution in [0.1, 0.15) is 49.0 Å². The van der Waals surface area contributed by atoms with Crippen LogP contribution in [0.3, 0.4) is 0 Å². The van der Waals surface area contributed by atoms with Crippen molar-refractivity contribution in [2.24, 2.45) is 5.73 Å². The number of fused-ring (bicyclic) bond motifs is 1. The second-order valence-corrected chi connectivity index (χ2v) is 8.66. The van der Waals surface area contributed by atoms with Crippen LogP contribution >= 0.6 is 0 Å². The fraction of sp³-hybridized carbons (Fsp3) is 0.538. The SMILES string of the molecule is CCCCOc1ccc(N2CCN(CCC3OCCc4cc(CN)ccc43)CC2)cc1. The van der Waals surface area contributed by atoms with Gasteiger partial charge in [-0.25, -0.2) is 0 Å².